The quantitative estimate of drug-likeness (QED) is 0.768. The van der Waals surface area contributed by atoms with Gasteiger partial charge in [0, 0.05) is 36.6 Å². The third-order valence-electron chi connectivity index (χ3n) is 4.36. The van der Waals surface area contributed by atoms with Crippen LogP contribution in [-0.4, -0.2) is 28.2 Å². The van der Waals surface area contributed by atoms with Gasteiger partial charge in [-0.05, 0) is 29.7 Å². The number of rotatable bonds is 3. The number of thiazole rings is 1. The topological polar surface area (TPSA) is 75.4 Å². The number of nitrogens with zero attached hydrogens (tertiary/aromatic N) is 2. The van der Waals surface area contributed by atoms with E-state index in [1.54, 1.807) is 22.8 Å². The van der Waals surface area contributed by atoms with Crippen molar-refractivity contribution in [1.82, 2.24) is 9.88 Å². The van der Waals surface area contributed by atoms with Crippen molar-refractivity contribution < 1.29 is 14.0 Å². The lowest BCUT2D eigenvalue weighted by Crippen LogP contribution is -2.36. The zero-order valence-corrected chi connectivity index (χ0v) is 15.0. The molecule has 0 spiro atoms. The van der Waals surface area contributed by atoms with Crippen molar-refractivity contribution in [2.24, 2.45) is 0 Å². The molecule has 0 aliphatic carbocycles. The Hall–Kier alpha value is -2.93. The summed E-state index contributed by atoms with van der Waals surface area (Å²) in [7, 11) is 0. The standard InChI is InChI=1S/C19H17N3O3S/c1-12(23)20-16-4-2-3-13-9-22(7-5-15(13)16)19(24)17-11-26-18(21-17)14-6-8-25-10-14/h2-4,6,8,10-11H,5,7,9H2,1H3,(H,20,23). The molecule has 2 amide bonds. The fraction of sp³-hybridized carbons (Fsp3) is 0.211. The highest BCUT2D eigenvalue weighted by atomic mass is 32.1. The first kappa shape index (κ1) is 16.5. The van der Waals surface area contributed by atoms with Crippen LogP contribution in [0.5, 0.6) is 0 Å². The first-order valence-electron chi connectivity index (χ1n) is 8.27. The van der Waals surface area contributed by atoms with E-state index in [-0.39, 0.29) is 11.8 Å². The van der Waals surface area contributed by atoms with Gasteiger partial charge in [0.05, 0.1) is 6.26 Å². The van der Waals surface area contributed by atoms with E-state index in [9.17, 15) is 9.59 Å². The minimum atomic E-state index is -0.0915. The molecule has 1 aliphatic rings. The summed E-state index contributed by atoms with van der Waals surface area (Å²) in [6, 6.07) is 7.62. The molecule has 7 heteroatoms. The van der Waals surface area contributed by atoms with Gasteiger partial charge in [-0.1, -0.05) is 12.1 Å². The summed E-state index contributed by atoms with van der Waals surface area (Å²) < 4.78 is 5.07. The monoisotopic (exact) mass is 367 g/mol. The van der Waals surface area contributed by atoms with Crippen LogP contribution in [0.4, 0.5) is 5.69 Å². The van der Waals surface area contributed by atoms with Crippen molar-refractivity contribution in [3.05, 3.63) is 59.0 Å². The van der Waals surface area contributed by atoms with E-state index in [4.69, 9.17) is 4.42 Å². The van der Waals surface area contributed by atoms with E-state index < -0.39 is 0 Å². The molecule has 1 aromatic carbocycles. The Morgan fingerprint density at radius 2 is 2.19 bits per heavy atom. The third kappa shape index (κ3) is 3.13. The van der Waals surface area contributed by atoms with Crippen molar-refractivity contribution in [3.63, 3.8) is 0 Å². The van der Waals surface area contributed by atoms with Gasteiger partial charge in [0.2, 0.25) is 5.91 Å². The lowest BCUT2D eigenvalue weighted by Gasteiger charge is -2.29. The number of carbonyl (C=O) groups excluding carboxylic acids is 2. The van der Waals surface area contributed by atoms with Crippen LogP contribution in [0.25, 0.3) is 10.6 Å². The molecule has 4 rings (SSSR count). The zero-order valence-electron chi connectivity index (χ0n) is 14.2. The summed E-state index contributed by atoms with van der Waals surface area (Å²) in [6.45, 7) is 2.61. The van der Waals surface area contributed by atoms with Gasteiger partial charge in [0.25, 0.3) is 5.91 Å². The molecule has 2 aromatic heterocycles. The minimum Gasteiger partial charge on any atom is -0.472 e. The van der Waals surface area contributed by atoms with Gasteiger partial charge in [0.1, 0.15) is 17.0 Å². The largest absolute Gasteiger partial charge is 0.472 e. The van der Waals surface area contributed by atoms with Crippen molar-refractivity contribution in [2.75, 3.05) is 11.9 Å². The van der Waals surface area contributed by atoms with Crippen molar-refractivity contribution in [1.29, 1.82) is 0 Å². The van der Waals surface area contributed by atoms with E-state index in [1.807, 2.05) is 24.3 Å². The summed E-state index contributed by atoms with van der Waals surface area (Å²) in [6.07, 6.45) is 3.91. The number of hydrogen-bond donors (Lipinski definition) is 1. The predicted molar refractivity (Wildman–Crippen MR) is 99.0 cm³/mol. The number of nitrogens with one attached hydrogen (secondary N) is 1. The molecule has 1 N–H and O–H groups in total. The molecule has 6 nitrogen and oxygen atoms in total. The summed E-state index contributed by atoms with van der Waals surface area (Å²) in [4.78, 5) is 30.4. The number of aromatic nitrogens is 1. The Labute approximate surface area is 154 Å². The fourth-order valence-electron chi connectivity index (χ4n) is 3.14. The molecule has 26 heavy (non-hydrogen) atoms. The molecular formula is C19H17N3O3S. The van der Waals surface area contributed by atoms with E-state index in [1.165, 1.54) is 18.3 Å². The van der Waals surface area contributed by atoms with Crippen LogP contribution in [0.1, 0.15) is 28.5 Å². The molecule has 0 fully saturated rings. The fourth-order valence-corrected chi connectivity index (χ4v) is 3.92. The first-order valence-corrected chi connectivity index (χ1v) is 9.15. The maximum Gasteiger partial charge on any atom is 0.273 e. The lowest BCUT2D eigenvalue weighted by molar-refractivity contribution is -0.114. The van der Waals surface area contributed by atoms with Crippen LogP contribution in [0, 0.1) is 0 Å². The number of fused-ring (bicyclic) bond motifs is 1. The molecule has 3 heterocycles. The van der Waals surface area contributed by atoms with Crippen LogP contribution in [-0.2, 0) is 17.8 Å². The number of amides is 2. The van der Waals surface area contributed by atoms with Crippen LogP contribution < -0.4 is 5.32 Å². The molecule has 0 saturated heterocycles. The van der Waals surface area contributed by atoms with E-state index >= 15 is 0 Å². The molecule has 1 aliphatic heterocycles. The van der Waals surface area contributed by atoms with E-state index in [2.05, 4.69) is 10.3 Å². The molecule has 0 saturated carbocycles. The summed E-state index contributed by atoms with van der Waals surface area (Å²) in [5.74, 6) is -0.169. The van der Waals surface area contributed by atoms with Crippen LogP contribution >= 0.6 is 11.3 Å². The Kier molecular flexibility index (Phi) is 4.30. The van der Waals surface area contributed by atoms with Gasteiger partial charge in [-0.25, -0.2) is 4.98 Å². The molecule has 0 radical (unpaired) electrons. The van der Waals surface area contributed by atoms with Crippen molar-refractivity contribution in [2.45, 2.75) is 19.9 Å². The van der Waals surface area contributed by atoms with E-state index in [0.29, 0.717) is 25.2 Å². The number of hydrogen-bond acceptors (Lipinski definition) is 5. The molecular weight excluding hydrogens is 350 g/mol. The normalized spacial score (nSPS) is 13.3. The molecule has 0 unspecified atom stereocenters. The van der Waals surface area contributed by atoms with Gasteiger partial charge in [0.15, 0.2) is 0 Å². The van der Waals surface area contributed by atoms with E-state index in [0.717, 1.165) is 27.4 Å². The molecule has 0 atom stereocenters. The van der Waals surface area contributed by atoms with Gasteiger partial charge in [-0.3, -0.25) is 9.59 Å². The highest BCUT2D eigenvalue weighted by molar-refractivity contribution is 7.13. The second kappa shape index (κ2) is 6.76. The molecule has 3 aromatic rings. The van der Waals surface area contributed by atoms with Gasteiger partial charge in [-0.15, -0.1) is 11.3 Å². The molecule has 0 bridgehead atoms. The highest BCUT2D eigenvalue weighted by Gasteiger charge is 2.25. The van der Waals surface area contributed by atoms with Crippen LogP contribution in [0.2, 0.25) is 0 Å². The predicted octanol–water partition coefficient (Wildman–Crippen LogP) is 3.56. The summed E-state index contributed by atoms with van der Waals surface area (Å²) in [5.41, 5.74) is 4.31. The average molecular weight is 367 g/mol. The van der Waals surface area contributed by atoms with Gasteiger partial charge in [-0.2, -0.15) is 0 Å². The van der Waals surface area contributed by atoms with Crippen molar-refractivity contribution >= 4 is 28.8 Å². The van der Waals surface area contributed by atoms with Gasteiger partial charge < -0.3 is 14.6 Å². The zero-order chi connectivity index (χ0) is 18.1. The Balaban J connectivity index is 1.54. The summed E-state index contributed by atoms with van der Waals surface area (Å²) >= 11 is 1.43. The van der Waals surface area contributed by atoms with Gasteiger partial charge >= 0.3 is 0 Å². The maximum absolute atomic E-state index is 12.8. The number of furan rings is 1. The smallest absolute Gasteiger partial charge is 0.273 e. The second-order valence-corrected chi connectivity index (χ2v) is 7.01. The Morgan fingerprint density at radius 3 is 2.96 bits per heavy atom. The number of anilines is 1. The maximum atomic E-state index is 12.8. The minimum absolute atomic E-state index is 0.0772. The second-order valence-electron chi connectivity index (χ2n) is 6.15. The SMILES string of the molecule is CC(=O)Nc1cccc2c1CCN(C(=O)c1csc(-c3ccoc3)n1)C2. The Bertz CT molecular complexity index is 962. The number of carbonyl (C=O) groups is 2. The first-order chi connectivity index (χ1) is 12.6. The average Bonchev–Trinajstić information content (AvgIpc) is 3.32. The van der Waals surface area contributed by atoms with Crippen LogP contribution in [0.15, 0.2) is 46.6 Å². The lowest BCUT2D eigenvalue weighted by atomic mass is 9.97. The summed E-state index contributed by atoms with van der Waals surface area (Å²) in [5, 5.41) is 5.42. The molecule has 132 valence electrons. The number of benzene rings is 1. The Morgan fingerprint density at radius 1 is 1.31 bits per heavy atom. The van der Waals surface area contributed by atoms with Crippen LogP contribution in [0.3, 0.4) is 0 Å². The third-order valence-corrected chi connectivity index (χ3v) is 5.25. The highest BCUT2D eigenvalue weighted by Crippen LogP contribution is 2.28. The van der Waals surface area contributed by atoms with Crippen molar-refractivity contribution in [3.8, 4) is 10.6 Å².